The highest BCUT2D eigenvalue weighted by molar-refractivity contribution is 4.91. The van der Waals surface area contributed by atoms with E-state index in [1.807, 2.05) is 13.8 Å². The maximum absolute atomic E-state index is 8.97. The Kier molecular flexibility index (Phi) is 5.42. The monoisotopic (exact) mass is 237 g/mol. The number of hydrogen-bond acceptors (Lipinski definition) is 3. The van der Waals surface area contributed by atoms with E-state index in [0.29, 0.717) is 12.0 Å². The lowest BCUT2D eigenvalue weighted by Gasteiger charge is -2.36. The molecule has 0 spiro atoms. The minimum absolute atomic E-state index is 0.170. The summed E-state index contributed by atoms with van der Waals surface area (Å²) < 4.78 is 0. The summed E-state index contributed by atoms with van der Waals surface area (Å²) >= 11 is 0. The van der Waals surface area contributed by atoms with E-state index < -0.39 is 0 Å². The van der Waals surface area contributed by atoms with Crippen LogP contribution in [0.5, 0.6) is 0 Å². The molecule has 0 amide bonds. The summed E-state index contributed by atoms with van der Waals surface area (Å²) in [5, 5.41) is 8.97. The van der Waals surface area contributed by atoms with Gasteiger partial charge in [0, 0.05) is 12.6 Å². The highest BCUT2D eigenvalue weighted by Crippen LogP contribution is 2.23. The molecular formula is C14H27N3. The van der Waals surface area contributed by atoms with Gasteiger partial charge >= 0.3 is 0 Å². The van der Waals surface area contributed by atoms with Crippen LogP contribution in [0.4, 0.5) is 0 Å². The second-order valence-electron chi connectivity index (χ2n) is 6.02. The van der Waals surface area contributed by atoms with Crippen molar-refractivity contribution in [1.82, 2.24) is 4.90 Å². The standard InChI is InChI=1S/C14H27N3/c1-4-12-10-17(9-6-13(12)16)8-5-7-14(2,3)11-15/h12-13H,4-10,16H2,1-3H3. The van der Waals surface area contributed by atoms with Crippen molar-refractivity contribution in [3.63, 3.8) is 0 Å². The molecule has 1 aliphatic heterocycles. The summed E-state index contributed by atoms with van der Waals surface area (Å²) in [7, 11) is 0. The molecule has 2 atom stereocenters. The van der Waals surface area contributed by atoms with E-state index in [9.17, 15) is 0 Å². The molecule has 17 heavy (non-hydrogen) atoms. The first-order chi connectivity index (χ1) is 7.98. The van der Waals surface area contributed by atoms with Crippen LogP contribution in [0, 0.1) is 22.7 Å². The van der Waals surface area contributed by atoms with E-state index in [1.165, 1.54) is 6.42 Å². The highest BCUT2D eigenvalue weighted by atomic mass is 15.1. The van der Waals surface area contributed by atoms with E-state index in [1.54, 1.807) is 0 Å². The van der Waals surface area contributed by atoms with Crippen molar-refractivity contribution in [3.05, 3.63) is 0 Å². The summed E-state index contributed by atoms with van der Waals surface area (Å²) in [5.41, 5.74) is 5.93. The maximum atomic E-state index is 8.97. The molecule has 3 nitrogen and oxygen atoms in total. The zero-order valence-electron chi connectivity index (χ0n) is 11.6. The Bertz CT molecular complexity index is 267. The van der Waals surface area contributed by atoms with Crippen LogP contribution in [0.2, 0.25) is 0 Å². The Labute approximate surface area is 106 Å². The maximum Gasteiger partial charge on any atom is 0.0683 e. The van der Waals surface area contributed by atoms with Crippen molar-refractivity contribution >= 4 is 0 Å². The van der Waals surface area contributed by atoms with Crippen LogP contribution in [0.3, 0.4) is 0 Å². The Morgan fingerprint density at radius 2 is 2.18 bits per heavy atom. The number of nitrogens with zero attached hydrogens (tertiary/aromatic N) is 2. The van der Waals surface area contributed by atoms with Gasteiger partial charge in [0.05, 0.1) is 11.5 Å². The summed E-state index contributed by atoms with van der Waals surface area (Å²) in [6, 6.07) is 2.76. The number of piperidine rings is 1. The van der Waals surface area contributed by atoms with Crippen LogP contribution in [0.1, 0.15) is 46.5 Å². The average molecular weight is 237 g/mol. The lowest BCUT2D eigenvalue weighted by molar-refractivity contribution is 0.146. The van der Waals surface area contributed by atoms with E-state index in [2.05, 4.69) is 17.9 Å². The Balaban J connectivity index is 2.27. The molecule has 98 valence electrons. The topological polar surface area (TPSA) is 53.0 Å². The molecule has 1 aliphatic rings. The highest BCUT2D eigenvalue weighted by Gasteiger charge is 2.25. The van der Waals surface area contributed by atoms with Crippen molar-refractivity contribution in [1.29, 1.82) is 5.26 Å². The molecule has 1 rings (SSSR count). The van der Waals surface area contributed by atoms with E-state index >= 15 is 0 Å². The molecule has 2 unspecified atom stereocenters. The molecule has 1 fully saturated rings. The lowest BCUT2D eigenvalue weighted by Crippen LogP contribution is -2.47. The second-order valence-corrected chi connectivity index (χ2v) is 6.02. The van der Waals surface area contributed by atoms with Crippen molar-refractivity contribution < 1.29 is 0 Å². The largest absolute Gasteiger partial charge is 0.327 e. The van der Waals surface area contributed by atoms with Crippen molar-refractivity contribution in [2.75, 3.05) is 19.6 Å². The molecule has 0 radical (unpaired) electrons. The third kappa shape index (κ3) is 4.65. The van der Waals surface area contributed by atoms with Crippen LogP contribution in [-0.4, -0.2) is 30.6 Å². The fraction of sp³-hybridized carbons (Fsp3) is 0.929. The van der Waals surface area contributed by atoms with E-state index in [4.69, 9.17) is 11.0 Å². The van der Waals surface area contributed by atoms with Gasteiger partial charge in [-0.1, -0.05) is 13.3 Å². The third-order valence-corrected chi connectivity index (χ3v) is 3.98. The van der Waals surface area contributed by atoms with Crippen LogP contribution in [0.25, 0.3) is 0 Å². The zero-order valence-corrected chi connectivity index (χ0v) is 11.6. The van der Waals surface area contributed by atoms with Crippen molar-refractivity contribution in [2.24, 2.45) is 17.1 Å². The normalized spacial score (nSPS) is 26.8. The first kappa shape index (κ1) is 14.5. The first-order valence-corrected chi connectivity index (χ1v) is 6.87. The molecule has 0 saturated carbocycles. The molecule has 0 aromatic carbocycles. The minimum Gasteiger partial charge on any atom is -0.327 e. The second kappa shape index (κ2) is 6.37. The van der Waals surface area contributed by atoms with Gasteiger partial charge in [0.15, 0.2) is 0 Å². The van der Waals surface area contributed by atoms with Gasteiger partial charge in [-0.15, -0.1) is 0 Å². The summed E-state index contributed by atoms with van der Waals surface area (Å²) in [6.07, 6.45) is 4.41. The molecule has 0 aromatic rings. The predicted octanol–water partition coefficient (Wildman–Crippen LogP) is 2.38. The predicted molar refractivity (Wildman–Crippen MR) is 71.4 cm³/mol. The van der Waals surface area contributed by atoms with Gasteiger partial charge in [-0.2, -0.15) is 5.26 Å². The molecule has 3 heteroatoms. The number of rotatable bonds is 5. The zero-order chi connectivity index (χ0) is 12.9. The molecule has 0 aliphatic carbocycles. The van der Waals surface area contributed by atoms with Gasteiger partial charge in [-0.3, -0.25) is 0 Å². The lowest BCUT2D eigenvalue weighted by atomic mass is 9.88. The van der Waals surface area contributed by atoms with Gasteiger partial charge < -0.3 is 10.6 Å². The van der Waals surface area contributed by atoms with Crippen molar-refractivity contribution in [3.8, 4) is 6.07 Å². The number of likely N-dealkylation sites (tertiary alicyclic amines) is 1. The Morgan fingerprint density at radius 1 is 1.47 bits per heavy atom. The van der Waals surface area contributed by atoms with Gasteiger partial charge in [-0.05, 0) is 52.1 Å². The number of hydrogen-bond donors (Lipinski definition) is 1. The van der Waals surface area contributed by atoms with Gasteiger partial charge in [0.25, 0.3) is 0 Å². The van der Waals surface area contributed by atoms with E-state index in [0.717, 1.165) is 38.9 Å². The molecule has 2 N–H and O–H groups in total. The third-order valence-electron chi connectivity index (χ3n) is 3.98. The van der Waals surface area contributed by atoms with Crippen LogP contribution in [0.15, 0.2) is 0 Å². The fourth-order valence-electron chi connectivity index (χ4n) is 2.56. The molecule has 0 aromatic heterocycles. The summed E-state index contributed by atoms with van der Waals surface area (Å²) in [4.78, 5) is 2.52. The van der Waals surface area contributed by atoms with Crippen LogP contribution >= 0.6 is 0 Å². The number of nitrogens with two attached hydrogens (primary N) is 1. The fourth-order valence-corrected chi connectivity index (χ4v) is 2.56. The van der Waals surface area contributed by atoms with Crippen molar-refractivity contribution in [2.45, 2.75) is 52.5 Å². The molecule has 0 bridgehead atoms. The molecule has 1 heterocycles. The van der Waals surface area contributed by atoms with E-state index in [-0.39, 0.29) is 5.41 Å². The summed E-state index contributed by atoms with van der Waals surface area (Å²) in [6.45, 7) is 9.67. The van der Waals surface area contributed by atoms with Crippen LogP contribution in [-0.2, 0) is 0 Å². The van der Waals surface area contributed by atoms with Gasteiger partial charge in [0.2, 0.25) is 0 Å². The Hall–Kier alpha value is -0.590. The number of nitriles is 1. The molecular weight excluding hydrogens is 210 g/mol. The first-order valence-electron chi connectivity index (χ1n) is 6.87. The van der Waals surface area contributed by atoms with Crippen LogP contribution < -0.4 is 5.73 Å². The smallest absolute Gasteiger partial charge is 0.0683 e. The average Bonchev–Trinajstić information content (AvgIpc) is 2.31. The summed E-state index contributed by atoms with van der Waals surface area (Å²) in [5.74, 6) is 0.660. The van der Waals surface area contributed by atoms with Gasteiger partial charge in [-0.25, -0.2) is 0 Å². The quantitative estimate of drug-likeness (QED) is 0.798. The molecule has 1 saturated heterocycles. The Morgan fingerprint density at radius 3 is 2.76 bits per heavy atom. The van der Waals surface area contributed by atoms with Gasteiger partial charge in [0.1, 0.15) is 0 Å². The minimum atomic E-state index is -0.170. The SMILES string of the molecule is CCC1CN(CCCC(C)(C)C#N)CCC1N.